The normalized spacial score (nSPS) is 23.9. The second kappa shape index (κ2) is 7.96. The van der Waals surface area contributed by atoms with Crippen molar-refractivity contribution < 1.29 is 14.6 Å². The summed E-state index contributed by atoms with van der Waals surface area (Å²) in [6, 6.07) is 0.731. The minimum absolute atomic E-state index is 0.279. The summed E-state index contributed by atoms with van der Waals surface area (Å²) in [6.45, 7) is 8.66. The predicted molar refractivity (Wildman–Crippen MR) is 83.1 cm³/mol. The zero-order valence-electron chi connectivity index (χ0n) is 13.8. The molecule has 0 spiro atoms. The van der Waals surface area contributed by atoms with Crippen LogP contribution in [0.25, 0.3) is 0 Å². The van der Waals surface area contributed by atoms with Crippen molar-refractivity contribution in [3.8, 4) is 0 Å². The minimum Gasteiger partial charge on any atom is -0.444 e. The highest BCUT2D eigenvalue weighted by Crippen LogP contribution is 2.16. The first-order chi connectivity index (χ1) is 9.67. The molecule has 1 saturated carbocycles. The number of carbonyl (C=O) groups is 1. The average Bonchev–Trinajstić information content (AvgIpc) is 2.71. The fraction of sp³-hybridized carbons (Fsp3) is 0.933. The number of nitrogens with zero attached hydrogens (tertiary/aromatic N) is 1. The summed E-state index contributed by atoms with van der Waals surface area (Å²) in [5.41, 5.74) is 5.35. The molecule has 0 heterocycles. The zero-order chi connectivity index (χ0) is 16.0. The van der Waals surface area contributed by atoms with Crippen LogP contribution in [0.2, 0.25) is 0 Å². The topological polar surface area (TPSA) is 87.8 Å². The van der Waals surface area contributed by atoms with Crippen molar-refractivity contribution in [3.05, 3.63) is 0 Å². The van der Waals surface area contributed by atoms with Gasteiger partial charge in [-0.15, -0.1) is 0 Å². The molecule has 0 aromatic heterocycles. The molecule has 0 aromatic rings. The SMILES string of the molecule is CC(O)CN(CCNC1CCC(N)C1)C(=O)OC(C)(C)C. The first kappa shape index (κ1) is 18.2. The molecule has 1 aliphatic carbocycles. The van der Waals surface area contributed by atoms with Gasteiger partial charge in [0.1, 0.15) is 5.60 Å². The Bertz CT molecular complexity index is 329. The molecule has 1 aliphatic rings. The summed E-state index contributed by atoms with van der Waals surface area (Å²) in [6.07, 6.45) is 2.18. The van der Waals surface area contributed by atoms with Crippen LogP contribution in [0.3, 0.4) is 0 Å². The van der Waals surface area contributed by atoms with Crippen LogP contribution in [0, 0.1) is 0 Å². The van der Waals surface area contributed by atoms with Crippen molar-refractivity contribution in [2.45, 2.75) is 70.7 Å². The molecule has 124 valence electrons. The maximum absolute atomic E-state index is 12.1. The number of ether oxygens (including phenoxy) is 1. The first-order valence-electron chi connectivity index (χ1n) is 7.82. The molecular weight excluding hydrogens is 270 g/mol. The van der Waals surface area contributed by atoms with Gasteiger partial charge >= 0.3 is 6.09 Å². The monoisotopic (exact) mass is 301 g/mol. The van der Waals surface area contributed by atoms with E-state index in [-0.39, 0.29) is 12.6 Å². The molecule has 0 aliphatic heterocycles. The molecule has 6 nitrogen and oxygen atoms in total. The third kappa shape index (κ3) is 7.64. The Kier molecular flexibility index (Phi) is 6.90. The van der Waals surface area contributed by atoms with Gasteiger partial charge < -0.3 is 25.8 Å². The molecule has 0 aromatic carbocycles. The zero-order valence-corrected chi connectivity index (χ0v) is 13.8. The summed E-state index contributed by atoms with van der Waals surface area (Å²) in [4.78, 5) is 13.7. The van der Waals surface area contributed by atoms with E-state index >= 15 is 0 Å². The smallest absolute Gasteiger partial charge is 0.410 e. The van der Waals surface area contributed by atoms with Gasteiger partial charge in [0.15, 0.2) is 0 Å². The number of aliphatic hydroxyl groups is 1. The number of nitrogens with two attached hydrogens (primary N) is 1. The van der Waals surface area contributed by atoms with E-state index in [1.165, 1.54) is 0 Å². The molecule has 0 bridgehead atoms. The number of hydrogen-bond acceptors (Lipinski definition) is 5. The molecule has 1 amide bonds. The number of aliphatic hydroxyl groups excluding tert-OH is 1. The summed E-state index contributed by atoms with van der Waals surface area (Å²) in [5.74, 6) is 0. The Labute approximate surface area is 128 Å². The molecule has 3 unspecified atom stereocenters. The van der Waals surface area contributed by atoms with E-state index in [0.717, 1.165) is 19.3 Å². The van der Waals surface area contributed by atoms with E-state index < -0.39 is 11.7 Å². The van der Waals surface area contributed by atoms with Crippen molar-refractivity contribution >= 4 is 6.09 Å². The molecule has 3 atom stereocenters. The van der Waals surface area contributed by atoms with Crippen LogP contribution in [0.15, 0.2) is 0 Å². The molecule has 6 heteroatoms. The Morgan fingerprint density at radius 1 is 1.48 bits per heavy atom. The van der Waals surface area contributed by atoms with Crippen LogP contribution in [0.1, 0.15) is 47.0 Å². The van der Waals surface area contributed by atoms with Gasteiger partial charge in [0, 0.05) is 31.7 Å². The number of amides is 1. The fourth-order valence-electron chi connectivity index (χ4n) is 2.51. The number of hydrogen-bond donors (Lipinski definition) is 3. The summed E-state index contributed by atoms with van der Waals surface area (Å²) < 4.78 is 5.37. The van der Waals surface area contributed by atoms with Gasteiger partial charge in [0.25, 0.3) is 0 Å². The molecule has 1 rings (SSSR count). The van der Waals surface area contributed by atoms with Gasteiger partial charge in [0.05, 0.1) is 6.10 Å². The molecule has 4 N–H and O–H groups in total. The van der Waals surface area contributed by atoms with E-state index in [4.69, 9.17) is 10.5 Å². The minimum atomic E-state index is -0.572. The Balaban J connectivity index is 2.40. The molecule has 0 saturated heterocycles. The summed E-state index contributed by atoms with van der Waals surface area (Å²) in [5, 5.41) is 13.0. The Morgan fingerprint density at radius 3 is 2.62 bits per heavy atom. The van der Waals surface area contributed by atoms with E-state index in [1.54, 1.807) is 11.8 Å². The molecule has 21 heavy (non-hydrogen) atoms. The van der Waals surface area contributed by atoms with Gasteiger partial charge in [-0.2, -0.15) is 0 Å². The van der Waals surface area contributed by atoms with Crippen LogP contribution in [0.5, 0.6) is 0 Å². The quantitative estimate of drug-likeness (QED) is 0.683. The lowest BCUT2D eigenvalue weighted by molar-refractivity contribution is 0.0163. The van der Waals surface area contributed by atoms with Gasteiger partial charge in [-0.05, 0) is 47.0 Å². The van der Waals surface area contributed by atoms with E-state index in [2.05, 4.69) is 5.32 Å². The van der Waals surface area contributed by atoms with E-state index in [0.29, 0.717) is 25.2 Å². The van der Waals surface area contributed by atoms with Crippen molar-refractivity contribution in [1.82, 2.24) is 10.2 Å². The van der Waals surface area contributed by atoms with Gasteiger partial charge in [-0.1, -0.05) is 0 Å². The second-order valence-corrected chi connectivity index (χ2v) is 7.00. The van der Waals surface area contributed by atoms with Gasteiger partial charge in [0.2, 0.25) is 0 Å². The lowest BCUT2D eigenvalue weighted by Crippen LogP contribution is -2.44. The highest BCUT2D eigenvalue weighted by atomic mass is 16.6. The second-order valence-electron chi connectivity index (χ2n) is 7.00. The molecule has 1 fully saturated rings. The number of nitrogens with one attached hydrogen (secondary N) is 1. The maximum Gasteiger partial charge on any atom is 0.410 e. The lowest BCUT2D eigenvalue weighted by atomic mass is 10.2. The largest absolute Gasteiger partial charge is 0.444 e. The van der Waals surface area contributed by atoms with Crippen molar-refractivity contribution in [3.63, 3.8) is 0 Å². The number of rotatable bonds is 6. The van der Waals surface area contributed by atoms with Crippen LogP contribution in [0.4, 0.5) is 4.79 Å². The Hall–Kier alpha value is -0.850. The van der Waals surface area contributed by atoms with Gasteiger partial charge in [-0.25, -0.2) is 4.79 Å². The third-order valence-electron chi connectivity index (χ3n) is 3.42. The van der Waals surface area contributed by atoms with Crippen molar-refractivity contribution in [1.29, 1.82) is 0 Å². The fourth-order valence-corrected chi connectivity index (χ4v) is 2.51. The van der Waals surface area contributed by atoms with Crippen LogP contribution in [-0.4, -0.2) is 59.5 Å². The van der Waals surface area contributed by atoms with E-state index in [9.17, 15) is 9.90 Å². The maximum atomic E-state index is 12.1. The van der Waals surface area contributed by atoms with Crippen molar-refractivity contribution in [2.75, 3.05) is 19.6 Å². The van der Waals surface area contributed by atoms with Crippen LogP contribution in [-0.2, 0) is 4.74 Å². The van der Waals surface area contributed by atoms with Crippen LogP contribution < -0.4 is 11.1 Å². The first-order valence-corrected chi connectivity index (χ1v) is 7.82. The molecular formula is C15H31N3O3. The highest BCUT2D eigenvalue weighted by molar-refractivity contribution is 5.68. The summed E-state index contributed by atoms with van der Waals surface area (Å²) >= 11 is 0. The third-order valence-corrected chi connectivity index (χ3v) is 3.42. The predicted octanol–water partition coefficient (Wildman–Crippen LogP) is 1.07. The lowest BCUT2D eigenvalue weighted by Gasteiger charge is -2.28. The molecule has 0 radical (unpaired) electrons. The van der Waals surface area contributed by atoms with Crippen LogP contribution >= 0.6 is 0 Å². The Morgan fingerprint density at radius 2 is 2.14 bits per heavy atom. The summed E-state index contributed by atoms with van der Waals surface area (Å²) in [7, 11) is 0. The highest BCUT2D eigenvalue weighted by Gasteiger charge is 2.24. The average molecular weight is 301 g/mol. The van der Waals surface area contributed by atoms with Crippen molar-refractivity contribution in [2.24, 2.45) is 5.73 Å². The van der Waals surface area contributed by atoms with E-state index in [1.807, 2.05) is 20.8 Å². The number of carbonyl (C=O) groups excluding carboxylic acids is 1. The van der Waals surface area contributed by atoms with Gasteiger partial charge in [-0.3, -0.25) is 0 Å². The standard InChI is InChI=1S/C15H31N3O3/c1-11(19)10-18(14(20)21-15(2,3)4)8-7-17-13-6-5-12(16)9-13/h11-13,17,19H,5-10,16H2,1-4H3.